The molecule has 2 aromatic carbocycles. The smallest absolute Gasteiger partial charge is 0.241 e. The van der Waals surface area contributed by atoms with Gasteiger partial charge in [-0.2, -0.15) is 0 Å². The molecule has 4 heteroatoms. The molecular weight excluding hydrogens is 270 g/mol. The monoisotopic (exact) mass is 284 g/mol. The van der Waals surface area contributed by atoms with Crippen molar-refractivity contribution in [1.29, 1.82) is 0 Å². The highest BCUT2D eigenvalue weighted by molar-refractivity contribution is 7.90. The van der Waals surface area contributed by atoms with Crippen LogP contribution in [0.5, 0.6) is 0 Å². The van der Waals surface area contributed by atoms with Gasteiger partial charge in [0, 0.05) is 11.6 Å². The van der Waals surface area contributed by atoms with Crippen LogP contribution in [0.2, 0.25) is 0 Å². The summed E-state index contributed by atoms with van der Waals surface area (Å²) in [4.78, 5) is 0.281. The number of aromatic nitrogens is 1. The zero-order valence-corrected chi connectivity index (χ0v) is 11.9. The van der Waals surface area contributed by atoms with E-state index in [-0.39, 0.29) is 4.90 Å². The topological polar surface area (TPSA) is 39.1 Å². The zero-order chi connectivity index (χ0) is 14.3. The van der Waals surface area contributed by atoms with Crippen LogP contribution in [-0.2, 0) is 10.0 Å². The Labute approximate surface area is 118 Å². The van der Waals surface area contributed by atoms with Crippen molar-refractivity contribution in [2.45, 2.75) is 11.8 Å². The number of benzene rings is 2. The van der Waals surface area contributed by atoms with E-state index < -0.39 is 10.0 Å². The van der Waals surface area contributed by atoms with Gasteiger partial charge in [0.2, 0.25) is 0 Å². The van der Waals surface area contributed by atoms with E-state index in [4.69, 9.17) is 0 Å². The van der Waals surface area contributed by atoms with Gasteiger partial charge in [-0.15, -0.1) is 0 Å². The highest BCUT2D eigenvalue weighted by atomic mass is 32.2. The third-order valence-corrected chi connectivity index (χ3v) is 5.03. The van der Waals surface area contributed by atoms with Crippen LogP contribution < -0.4 is 0 Å². The van der Waals surface area contributed by atoms with Crippen molar-refractivity contribution in [2.24, 2.45) is 0 Å². The SMILES string of the molecule is [CH2]c1cn(S(=O)(=O)c2ccc(C)cc2)c2ccccc12. The lowest BCUT2D eigenvalue weighted by Crippen LogP contribution is -2.11. The Balaban J connectivity index is 2.27. The lowest BCUT2D eigenvalue weighted by atomic mass is 10.2. The van der Waals surface area contributed by atoms with Crippen LogP contribution >= 0.6 is 0 Å². The second kappa shape index (κ2) is 4.49. The molecular formula is C16H14NO2S. The normalized spacial score (nSPS) is 11.9. The van der Waals surface area contributed by atoms with Crippen LogP contribution in [-0.4, -0.2) is 12.4 Å². The molecule has 0 saturated heterocycles. The first-order valence-electron chi connectivity index (χ1n) is 6.24. The predicted molar refractivity (Wildman–Crippen MR) is 80.2 cm³/mol. The predicted octanol–water partition coefficient (Wildman–Crippen LogP) is 3.37. The van der Waals surface area contributed by atoms with Crippen molar-refractivity contribution in [3.8, 4) is 0 Å². The first kappa shape index (κ1) is 12.9. The van der Waals surface area contributed by atoms with E-state index in [0.29, 0.717) is 11.1 Å². The van der Waals surface area contributed by atoms with E-state index >= 15 is 0 Å². The minimum atomic E-state index is -3.58. The molecule has 1 aromatic heterocycles. The van der Waals surface area contributed by atoms with E-state index in [0.717, 1.165) is 10.9 Å². The third kappa shape index (κ3) is 1.93. The Morgan fingerprint density at radius 3 is 2.35 bits per heavy atom. The molecule has 0 bridgehead atoms. The number of para-hydroxylation sites is 1. The van der Waals surface area contributed by atoms with E-state index in [1.165, 1.54) is 3.97 Å². The van der Waals surface area contributed by atoms with E-state index in [2.05, 4.69) is 6.92 Å². The van der Waals surface area contributed by atoms with Crippen molar-refractivity contribution < 1.29 is 8.42 Å². The Bertz CT molecular complexity index is 874. The molecule has 0 fully saturated rings. The summed E-state index contributed by atoms with van der Waals surface area (Å²) in [6, 6.07) is 14.2. The van der Waals surface area contributed by atoms with Crippen molar-refractivity contribution in [1.82, 2.24) is 3.97 Å². The van der Waals surface area contributed by atoms with Crippen molar-refractivity contribution in [3.05, 3.63) is 72.8 Å². The van der Waals surface area contributed by atoms with Gasteiger partial charge in [-0.3, -0.25) is 0 Å². The van der Waals surface area contributed by atoms with Gasteiger partial charge in [0.05, 0.1) is 10.4 Å². The fraction of sp³-hybridized carbons (Fsp3) is 0.0625. The fourth-order valence-electron chi connectivity index (χ4n) is 2.24. The molecule has 3 aromatic rings. The van der Waals surface area contributed by atoms with Crippen molar-refractivity contribution >= 4 is 20.9 Å². The summed E-state index contributed by atoms with van der Waals surface area (Å²) >= 11 is 0. The summed E-state index contributed by atoms with van der Waals surface area (Å²) in [5, 5.41) is 0.850. The van der Waals surface area contributed by atoms with Crippen LogP contribution in [0, 0.1) is 13.8 Å². The largest absolute Gasteiger partial charge is 0.268 e. The minimum absolute atomic E-state index is 0.281. The van der Waals surface area contributed by atoms with Crippen LogP contribution in [0.3, 0.4) is 0 Å². The Morgan fingerprint density at radius 1 is 1.00 bits per heavy atom. The molecule has 0 atom stereocenters. The molecule has 0 amide bonds. The van der Waals surface area contributed by atoms with Gasteiger partial charge in [0.1, 0.15) is 0 Å². The highest BCUT2D eigenvalue weighted by Gasteiger charge is 2.19. The van der Waals surface area contributed by atoms with Gasteiger partial charge >= 0.3 is 0 Å². The molecule has 0 spiro atoms. The zero-order valence-electron chi connectivity index (χ0n) is 11.1. The summed E-state index contributed by atoms with van der Waals surface area (Å²) in [5.41, 5.74) is 2.38. The highest BCUT2D eigenvalue weighted by Crippen LogP contribution is 2.25. The van der Waals surface area contributed by atoms with Gasteiger partial charge in [-0.05, 0) is 37.6 Å². The average molecular weight is 284 g/mol. The summed E-state index contributed by atoms with van der Waals surface area (Å²) < 4.78 is 26.7. The standard InChI is InChI=1S/C16H14NO2S/c1-12-7-9-14(10-8-12)20(18,19)17-11-13(2)15-5-3-4-6-16(15)17/h3-11H,2H2,1H3. The maximum Gasteiger partial charge on any atom is 0.268 e. The maximum absolute atomic E-state index is 12.7. The fourth-order valence-corrected chi connectivity index (χ4v) is 3.63. The number of nitrogens with zero attached hydrogens (tertiary/aromatic N) is 1. The number of rotatable bonds is 2. The van der Waals surface area contributed by atoms with E-state index in [9.17, 15) is 8.42 Å². The summed E-state index contributed by atoms with van der Waals surface area (Å²) in [6.45, 7) is 5.83. The number of aryl methyl sites for hydroxylation is 1. The lowest BCUT2D eigenvalue weighted by Gasteiger charge is -2.07. The van der Waals surface area contributed by atoms with Crippen LogP contribution in [0.25, 0.3) is 10.9 Å². The van der Waals surface area contributed by atoms with Gasteiger partial charge in [-0.1, -0.05) is 35.9 Å². The quantitative estimate of drug-likeness (QED) is 0.723. The molecule has 3 nitrogen and oxygen atoms in total. The van der Waals surface area contributed by atoms with Gasteiger partial charge in [-0.25, -0.2) is 12.4 Å². The molecule has 1 heterocycles. The molecule has 0 saturated carbocycles. The Hall–Kier alpha value is -2.07. The van der Waals surface area contributed by atoms with Crippen LogP contribution in [0.4, 0.5) is 0 Å². The van der Waals surface area contributed by atoms with Crippen LogP contribution in [0.15, 0.2) is 59.6 Å². The molecule has 20 heavy (non-hydrogen) atoms. The molecule has 3 rings (SSSR count). The van der Waals surface area contributed by atoms with E-state index in [1.54, 1.807) is 36.5 Å². The summed E-state index contributed by atoms with van der Waals surface area (Å²) in [6.07, 6.45) is 1.57. The van der Waals surface area contributed by atoms with E-state index in [1.807, 2.05) is 25.1 Å². The molecule has 0 aliphatic rings. The first-order valence-corrected chi connectivity index (χ1v) is 7.68. The molecule has 0 N–H and O–H groups in total. The van der Waals surface area contributed by atoms with Gasteiger partial charge in [0.25, 0.3) is 10.0 Å². The Kier molecular flexibility index (Phi) is 2.91. The van der Waals surface area contributed by atoms with Gasteiger partial charge in [0.15, 0.2) is 0 Å². The summed E-state index contributed by atoms with van der Waals surface area (Å²) in [5.74, 6) is 0. The average Bonchev–Trinajstić information content (AvgIpc) is 2.78. The maximum atomic E-state index is 12.7. The molecule has 1 radical (unpaired) electrons. The number of fused-ring (bicyclic) bond motifs is 1. The third-order valence-electron chi connectivity index (χ3n) is 3.34. The lowest BCUT2D eigenvalue weighted by molar-refractivity contribution is 0.589. The Morgan fingerprint density at radius 2 is 1.65 bits per heavy atom. The molecule has 101 valence electrons. The van der Waals surface area contributed by atoms with Crippen LogP contribution in [0.1, 0.15) is 11.1 Å². The van der Waals surface area contributed by atoms with Crippen molar-refractivity contribution in [2.75, 3.05) is 0 Å². The first-order chi connectivity index (χ1) is 9.50. The second-order valence-electron chi connectivity index (χ2n) is 4.79. The number of hydrogen-bond donors (Lipinski definition) is 0. The minimum Gasteiger partial charge on any atom is -0.241 e. The second-order valence-corrected chi connectivity index (χ2v) is 6.60. The van der Waals surface area contributed by atoms with Gasteiger partial charge < -0.3 is 0 Å². The molecule has 0 aliphatic carbocycles. The van der Waals surface area contributed by atoms with Crippen molar-refractivity contribution in [3.63, 3.8) is 0 Å². The molecule has 0 unspecified atom stereocenters. The number of hydrogen-bond acceptors (Lipinski definition) is 2. The molecule has 0 aliphatic heterocycles. The summed E-state index contributed by atoms with van der Waals surface area (Å²) in [7, 11) is -3.58.